The molecule has 3 heteroatoms. The molecule has 16 heavy (non-hydrogen) atoms. The van der Waals surface area contributed by atoms with Gasteiger partial charge in [0.2, 0.25) is 5.91 Å². The summed E-state index contributed by atoms with van der Waals surface area (Å²) in [6.45, 7) is 7.06. The van der Waals surface area contributed by atoms with Gasteiger partial charge < -0.3 is 10.6 Å². The van der Waals surface area contributed by atoms with Gasteiger partial charge in [-0.2, -0.15) is 0 Å². The monoisotopic (exact) mass is 228 g/mol. The average Bonchev–Trinajstić information content (AvgIpc) is 2.24. The van der Waals surface area contributed by atoms with Crippen LogP contribution in [0.25, 0.3) is 0 Å². The van der Waals surface area contributed by atoms with Gasteiger partial charge in [0.15, 0.2) is 0 Å². The first-order valence-electron chi connectivity index (χ1n) is 6.49. The normalized spacial score (nSPS) is 14.6. The summed E-state index contributed by atoms with van der Waals surface area (Å²) in [5, 5.41) is 0. The van der Waals surface area contributed by atoms with E-state index in [0.717, 1.165) is 38.6 Å². The minimum absolute atomic E-state index is 0.139. The molecule has 2 N–H and O–H groups in total. The fourth-order valence-corrected chi connectivity index (χ4v) is 1.75. The van der Waals surface area contributed by atoms with E-state index in [1.54, 1.807) is 0 Å². The molecular weight excluding hydrogens is 200 g/mol. The van der Waals surface area contributed by atoms with Gasteiger partial charge in [-0.15, -0.1) is 0 Å². The van der Waals surface area contributed by atoms with Gasteiger partial charge >= 0.3 is 0 Å². The summed E-state index contributed by atoms with van der Waals surface area (Å²) in [6, 6.07) is 0.250. The molecule has 0 saturated carbocycles. The molecule has 0 aliphatic heterocycles. The molecule has 3 nitrogen and oxygen atoms in total. The average molecular weight is 228 g/mol. The number of unbranched alkanes of at least 4 members (excludes halogenated alkanes) is 1. The molecule has 1 amide bonds. The van der Waals surface area contributed by atoms with Crippen LogP contribution in [0.2, 0.25) is 0 Å². The van der Waals surface area contributed by atoms with Gasteiger partial charge in [0.1, 0.15) is 0 Å². The van der Waals surface area contributed by atoms with E-state index in [9.17, 15) is 4.79 Å². The van der Waals surface area contributed by atoms with Gasteiger partial charge in [0.05, 0.1) is 0 Å². The number of rotatable bonds is 8. The smallest absolute Gasteiger partial charge is 0.225 e. The molecule has 2 unspecified atom stereocenters. The quantitative estimate of drug-likeness (QED) is 0.693. The van der Waals surface area contributed by atoms with E-state index in [1.165, 1.54) is 0 Å². The summed E-state index contributed by atoms with van der Waals surface area (Å²) in [5.74, 6) is 0.415. The second-order valence-electron chi connectivity index (χ2n) is 4.92. The van der Waals surface area contributed by atoms with Crippen molar-refractivity contribution in [2.45, 2.75) is 58.9 Å². The lowest BCUT2D eigenvalue weighted by atomic mass is 10.0. The maximum Gasteiger partial charge on any atom is 0.225 e. The third kappa shape index (κ3) is 6.83. The first-order valence-corrected chi connectivity index (χ1v) is 6.49. The number of nitrogens with two attached hydrogens (primary N) is 1. The molecule has 96 valence electrons. The van der Waals surface area contributed by atoms with Crippen molar-refractivity contribution in [2.24, 2.45) is 11.7 Å². The lowest BCUT2D eigenvalue weighted by Crippen LogP contribution is -2.32. The number of carbonyl (C=O) groups is 1. The highest BCUT2D eigenvalue weighted by Gasteiger charge is 2.16. The van der Waals surface area contributed by atoms with Crippen LogP contribution in [0.5, 0.6) is 0 Å². The molecule has 0 bridgehead atoms. The standard InChI is InChI=1S/C13H28N2O/c1-5-6-10-15(4)13(16)11(2)8-7-9-12(3)14/h11-12H,5-10,14H2,1-4H3. The fraction of sp³-hybridized carbons (Fsp3) is 0.923. The van der Waals surface area contributed by atoms with E-state index in [4.69, 9.17) is 5.73 Å². The van der Waals surface area contributed by atoms with Crippen molar-refractivity contribution in [3.63, 3.8) is 0 Å². The van der Waals surface area contributed by atoms with E-state index in [-0.39, 0.29) is 17.9 Å². The molecule has 0 aliphatic rings. The SMILES string of the molecule is CCCCN(C)C(=O)C(C)CCCC(C)N. The van der Waals surface area contributed by atoms with Crippen molar-refractivity contribution in [3.8, 4) is 0 Å². The Bertz CT molecular complexity index is 192. The largest absolute Gasteiger partial charge is 0.346 e. The summed E-state index contributed by atoms with van der Waals surface area (Å²) in [6.07, 6.45) is 5.24. The van der Waals surface area contributed by atoms with Crippen LogP contribution in [0.4, 0.5) is 0 Å². The summed E-state index contributed by atoms with van der Waals surface area (Å²) >= 11 is 0. The van der Waals surface area contributed by atoms with Crippen molar-refractivity contribution >= 4 is 5.91 Å². The van der Waals surface area contributed by atoms with E-state index in [1.807, 2.05) is 25.8 Å². The number of carbonyl (C=O) groups excluding carboxylic acids is 1. The number of hydrogen-bond acceptors (Lipinski definition) is 2. The van der Waals surface area contributed by atoms with Crippen molar-refractivity contribution in [2.75, 3.05) is 13.6 Å². The Labute approximate surface area is 100 Å². The van der Waals surface area contributed by atoms with Gasteiger partial charge in [0, 0.05) is 25.6 Å². The van der Waals surface area contributed by atoms with Crippen LogP contribution in [0, 0.1) is 5.92 Å². The van der Waals surface area contributed by atoms with Crippen LogP contribution in [0.3, 0.4) is 0 Å². The Kier molecular flexibility index (Phi) is 8.26. The highest BCUT2D eigenvalue weighted by molar-refractivity contribution is 5.78. The molecule has 0 aromatic carbocycles. The van der Waals surface area contributed by atoms with Crippen LogP contribution in [0.15, 0.2) is 0 Å². The maximum absolute atomic E-state index is 11.9. The zero-order valence-corrected chi connectivity index (χ0v) is 11.3. The van der Waals surface area contributed by atoms with Crippen molar-refractivity contribution in [1.82, 2.24) is 4.90 Å². The van der Waals surface area contributed by atoms with Crippen LogP contribution in [-0.4, -0.2) is 30.4 Å². The van der Waals surface area contributed by atoms with Crippen LogP contribution in [-0.2, 0) is 4.79 Å². The van der Waals surface area contributed by atoms with Crippen LogP contribution >= 0.6 is 0 Å². The molecule has 0 saturated heterocycles. The third-order valence-corrected chi connectivity index (χ3v) is 2.94. The van der Waals surface area contributed by atoms with Crippen molar-refractivity contribution in [1.29, 1.82) is 0 Å². The Morgan fingerprint density at radius 2 is 1.88 bits per heavy atom. The summed E-state index contributed by atoms with van der Waals surface area (Å²) in [5.41, 5.74) is 5.68. The number of hydrogen-bond donors (Lipinski definition) is 1. The van der Waals surface area contributed by atoms with E-state index in [2.05, 4.69) is 6.92 Å². The second-order valence-corrected chi connectivity index (χ2v) is 4.92. The summed E-state index contributed by atoms with van der Waals surface area (Å²) < 4.78 is 0. The lowest BCUT2D eigenvalue weighted by Gasteiger charge is -2.21. The molecular formula is C13H28N2O. The Morgan fingerprint density at radius 3 is 2.38 bits per heavy atom. The Balaban J connectivity index is 3.79. The molecule has 0 spiro atoms. The fourth-order valence-electron chi connectivity index (χ4n) is 1.75. The highest BCUT2D eigenvalue weighted by Crippen LogP contribution is 2.12. The first kappa shape index (κ1) is 15.4. The van der Waals surface area contributed by atoms with Gasteiger partial charge in [-0.25, -0.2) is 0 Å². The van der Waals surface area contributed by atoms with Crippen LogP contribution < -0.4 is 5.73 Å². The van der Waals surface area contributed by atoms with Gasteiger partial charge in [-0.05, 0) is 26.2 Å². The van der Waals surface area contributed by atoms with Crippen molar-refractivity contribution < 1.29 is 4.79 Å². The molecule has 0 radical (unpaired) electrons. The number of amides is 1. The predicted octanol–water partition coefficient (Wildman–Crippen LogP) is 2.40. The predicted molar refractivity (Wildman–Crippen MR) is 69.2 cm³/mol. The molecule has 0 heterocycles. The minimum atomic E-state index is 0.139. The Hall–Kier alpha value is -0.570. The second kappa shape index (κ2) is 8.57. The minimum Gasteiger partial charge on any atom is -0.346 e. The third-order valence-electron chi connectivity index (χ3n) is 2.94. The zero-order chi connectivity index (χ0) is 12.6. The molecule has 0 aromatic rings. The molecule has 0 aromatic heterocycles. The van der Waals surface area contributed by atoms with Gasteiger partial charge in [0.25, 0.3) is 0 Å². The topological polar surface area (TPSA) is 46.3 Å². The van der Waals surface area contributed by atoms with E-state index in [0.29, 0.717) is 0 Å². The highest BCUT2D eigenvalue weighted by atomic mass is 16.2. The molecule has 0 fully saturated rings. The summed E-state index contributed by atoms with van der Waals surface area (Å²) in [4.78, 5) is 13.8. The summed E-state index contributed by atoms with van der Waals surface area (Å²) in [7, 11) is 1.90. The van der Waals surface area contributed by atoms with E-state index < -0.39 is 0 Å². The zero-order valence-electron chi connectivity index (χ0n) is 11.3. The molecule has 0 rings (SSSR count). The van der Waals surface area contributed by atoms with E-state index >= 15 is 0 Å². The van der Waals surface area contributed by atoms with Crippen molar-refractivity contribution in [3.05, 3.63) is 0 Å². The number of nitrogens with zero attached hydrogens (tertiary/aromatic N) is 1. The molecule has 2 atom stereocenters. The van der Waals surface area contributed by atoms with Crippen LogP contribution in [0.1, 0.15) is 52.9 Å². The maximum atomic E-state index is 11.9. The first-order chi connectivity index (χ1) is 7.49. The van der Waals surface area contributed by atoms with Gasteiger partial charge in [-0.3, -0.25) is 4.79 Å². The Morgan fingerprint density at radius 1 is 1.25 bits per heavy atom. The van der Waals surface area contributed by atoms with Gasteiger partial charge in [-0.1, -0.05) is 26.7 Å². The lowest BCUT2D eigenvalue weighted by molar-refractivity contribution is -0.133. The molecule has 0 aliphatic carbocycles.